The maximum Gasteiger partial charge on any atom is 0.308 e. The molecule has 23 heavy (non-hydrogen) atoms. The highest BCUT2D eigenvalue weighted by Crippen LogP contribution is 2.43. The van der Waals surface area contributed by atoms with E-state index in [1.807, 2.05) is 31.2 Å². The highest BCUT2D eigenvalue weighted by molar-refractivity contribution is 5.81. The minimum absolute atomic E-state index is 0.0114. The Labute approximate surface area is 136 Å². The molecule has 3 rings (SSSR count). The molecule has 1 fully saturated rings. The van der Waals surface area contributed by atoms with Gasteiger partial charge in [0.2, 0.25) is 5.91 Å². The second kappa shape index (κ2) is 6.57. The van der Waals surface area contributed by atoms with Gasteiger partial charge in [-0.1, -0.05) is 42.0 Å². The van der Waals surface area contributed by atoms with Crippen molar-refractivity contribution in [1.82, 2.24) is 5.32 Å². The van der Waals surface area contributed by atoms with Crippen LogP contribution in [0, 0.1) is 30.6 Å². The van der Waals surface area contributed by atoms with Crippen LogP contribution >= 0.6 is 0 Å². The largest absolute Gasteiger partial charge is 0.481 e. The average molecular weight is 313 g/mol. The summed E-state index contributed by atoms with van der Waals surface area (Å²) in [6, 6.07) is 7.86. The molecule has 1 aromatic rings. The number of carbonyl (C=O) groups excluding carboxylic acids is 1. The highest BCUT2D eigenvalue weighted by Gasteiger charge is 2.39. The molecule has 0 heterocycles. The molecule has 2 N–H and O–H groups in total. The van der Waals surface area contributed by atoms with Crippen molar-refractivity contribution in [1.29, 1.82) is 0 Å². The monoisotopic (exact) mass is 313 g/mol. The van der Waals surface area contributed by atoms with Crippen LogP contribution < -0.4 is 5.32 Å². The molecule has 0 aromatic heterocycles. The van der Waals surface area contributed by atoms with E-state index >= 15 is 0 Å². The Morgan fingerprint density at radius 3 is 2.74 bits per heavy atom. The van der Waals surface area contributed by atoms with Crippen molar-refractivity contribution in [2.75, 3.05) is 6.54 Å². The van der Waals surface area contributed by atoms with Crippen molar-refractivity contribution >= 4 is 11.9 Å². The Morgan fingerprint density at radius 1 is 1.30 bits per heavy atom. The van der Waals surface area contributed by atoms with Gasteiger partial charge in [-0.3, -0.25) is 9.59 Å². The molecule has 4 atom stereocenters. The van der Waals surface area contributed by atoms with E-state index in [2.05, 4.69) is 17.5 Å². The standard InChI is InChI=1S/C19H23NO3/c1-12-3-2-4-13(7-12)9-16(19(22)23)11-20-18(21)17-10-14-5-6-15(17)8-14/h2-7,14-17H,8-11H2,1H3,(H,20,21)(H,22,23). The number of carbonyl (C=O) groups is 2. The fourth-order valence-corrected chi connectivity index (χ4v) is 3.81. The predicted molar refractivity (Wildman–Crippen MR) is 87.9 cm³/mol. The molecular formula is C19H23NO3. The lowest BCUT2D eigenvalue weighted by Gasteiger charge is -2.19. The van der Waals surface area contributed by atoms with Gasteiger partial charge in [0.15, 0.2) is 0 Å². The average Bonchev–Trinajstić information content (AvgIpc) is 3.13. The van der Waals surface area contributed by atoms with Crippen LogP contribution in [0.2, 0.25) is 0 Å². The molecule has 2 aliphatic rings. The summed E-state index contributed by atoms with van der Waals surface area (Å²) in [5.41, 5.74) is 2.11. The summed E-state index contributed by atoms with van der Waals surface area (Å²) in [6.45, 7) is 2.18. The summed E-state index contributed by atoms with van der Waals surface area (Å²) in [6.07, 6.45) is 6.76. The van der Waals surface area contributed by atoms with Crippen LogP contribution in [0.25, 0.3) is 0 Å². The normalized spacial score (nSPS) is 26.2. The molecule has 0 radical (unpaired) electrons. The van der Waals surface area contributed by atoms with Gasteiger partial charge in [-0.2, -0.15) is 0 Å². The molecule has 4 heteroatoms. The summed E-state index contributed by atoms with van der Waals surface area (Å²) in [4.78, 5) is 23.8. The first-order valence-corrected chi connectivity index (χ1v) is 8.27. The van der Waals surface area contributed by atoms with E-state index in [9.17, 15) is 14.7 Å². The van der Waals surface area contributed by atoms with E-state index in [0.717, 1.165) is 24.0 Å². The third-order valence-corrected chi connectivity index (χ3v) is 5.05. The van der Waals surface area contributed by atoms with E-state index in [1.165, 1.54) is 0 Å². The van der Waals surface area contributed by atoms with Crippen LogP contribution in [0.15, 0.2) is 36.4 Å². The van der Waals surface area contributed by atoms with Crippen molar-refractivity contribution in [3.05, 3.63) is 47.5 Å². The highest BCUT2D eigenvalue weighted by atomic mass is 16.4. The van der Waals surface area contributed by atoms with Crippen LogP contribution in [0.1, 0.15) is 24.0 Å². The van der Waals surface area contributed by atoms with Crippen LogP contribution in [-0.4, -0.2) is 23.5 Å². The molecule has 122 valence electrons. The number of aliphatic carboxylic acids is 1. The Kier molecular flexibility index (Phi) is 4.51. The van der Waals surface area contributed by atoms with Crippen LogP contribution in [0.4, 0.5) is 0 Å². The van der Waals surface area contributed by atoms with Gasteiger partial charge in [0.25, 0.3) is 0 Å². The van der Waals surface area contributed by atoms with Crippen LogP contribution in [0.3, 0.4) is 0 Å². The summed E-state index contributed by atoms with van der Waals surface area (Å²) in [7, 11) is 0. The van der Waals surface area contributed by atoms with Crippen molar-refractivity contribution in [2.24, 2.45) is 23.7 Å². The van der Waals surface area contributed by atoms with Gasteiger partial charge in [0.1, 0.15) is 0 Å². The van der Waals surface area contributed by atoms with Crippen LogP contribution in [-0.2, 0) is 16.0 Å². The first-order chi connectivity index (χ1) is 11.0. The molecule has 4 nitrogen and oxygen atoms in total. The zero-order valence-corrected chi connectivity index (χ0v) is 13.4. The molecular weight excluding hydrogens is 290 g/mol. The van der Waals surface area contributed by atoms with Crippen molar-refractivity contribution in [2.45, 2.75) is 26.2 Å². The lowest BCUT2D eigenvalue weighted by molar-refractivity contribution is -0.141. The molecule has 1 saturated carbocycles. The van der Waals surface area contributed by atoms with Gasteiger partial charge < -0.3 is 10.4 Å². The number of hydrogen-bond donors (Lipinski definition) is 2. The van der Waals surface area contributed by atoms with E-state index in [-0.39, 0.29) is 18.4 Å². The number of allylic oxidation sites excluding steroid dienone is 2. The van der Waals surface area contributed by atoms with E-state index in [1.54, 1.807) is 0 Å². The molecule has 0 saturated heterocycles. The van der Waals surface area contributed by atoms with E-state index in [0.29, 0.717) is 18.3 Å². The predicted octanol–water partition coefficient (Wildman–Crippen LogP) is 2.57. The summed E-state index contributed by atoms with van der Waals surface area (Å²) in [5.74, 6) is -0.524. The fourth-order valence-electron chi connectivity index (χ4n) is 3.81. The number of amides is 1. The lowest BCUT2D eigenvalue weighted by Crippen LogP contribution is -2.38. The Bertz CT molecular complexity index is 637. The number of hydrogen-bond acceptors (Lipinski definition) is 2. The first-order valence-electron chi connectivity index (χ1n) is 8.27. The topological polar surface area (TPSA) is 66.4 Å². The number of benzene rings is 1. The van der Waals surface area contributed by atoms with Crippen molar-refractivity contribution in [3.63, 3.8) is 0 Å². The number of carboxylic acid groups (broad SMARTS) is 1. The minimum atomic E-state index is -0.861. The Hall–Kier alpha value is -2.10. The molecule has 1 aromatic carbocycles. The number of rotatable bonds is 6. The fraction of sp³-hybridized carbons (Fsp3) is 0.474. The molecule has 1 amide bonds. The molecule has 0 spiro atoms. The zero-order chi connectivity index (χ0) is 16.4. The molecule has 4 unspecified atom stereocenters. The Morgan fingerprint density at radius 2 is 2.13 bits per heavy atom. The summed E-state index contributed by atoms with van der Waals surface area (Å²) < 4.78 is 0. The zero-order valence-electron chi connectivity index (χ0n) is 13.4. The second-order valence-electron chi connectivity index (χ2n) is 6.86. The van der Waals surface area contributed by atoms with Gasteiger partial charge in [-0.15, -0.1) is 0 Å². The first kappa shape index (κ1) is 15.8. The van der Waals surface area contributed by atoms with Gasteiger partial charge in [0, 0.05) is 12.5 Å². The number of aryl methyl sites for hydroxylation is 1. The van der Waals surface area contributed by atoms with Gasteiger partial charge in [-0.25, -0.2) is 0 Å². The van der Waals surface area contributed by atoms with Gasteiger partial charge >= 0.3 is 5.97 Å². The van der Waals surface area contributed by atoms with E-state index < -0.39 is 11.9 Å². The number of nitrogens with one attached hydrogen (secondary N) is 1. The third kappa shape index (κ3) is 3.63. The smallest absolute Gasteiger partial charge is 0.308 e. The van der Waals surface area contributed by atoms with Crippen LogP contribution in [0.5, 0.6) is 0 Å². The summed E-state index contributed by atoms with van der Waals surface area (Å²) >= 11 is 0. The Balaban J connectivity index is 1.56. The minimum Gasteiger partial charge on any atom is -0.481 e. The lowest BCUT2D eigenvalue weighted by atomic mass is 9.92. The SMILES string of the molecule is Cc1cccc(CC(CNC(=O)C2CC3C=CC2C3)C(=O)O)c1. The van der Waals surface area contributed by atoms with Gasteiger partial charge in [-0.05, 0) is 43.6 Å². The third-order valence-electron chi connectivity index (χ3n) is 5.05. The van der Waals surface area contributed by atoms with E-state index in [4.69, 9.17) is 0 Å². The quantitative estimate of drug-likeness (QED) is 0.793. The molecule has 2 aliphatic carbocycles. The maximum atomic E-state index is 12.3. The molecule has 0 aliphatic heterocycles. The second-order valence-corrected chi connectivity index (χ2v) is 6.86. The van der Waals surface area contributed by atoms with Gasteiger partial charge in [0.05, 0.1) is 5.92 Å². The maximum absolute atomic E-state index is 12.3. The molecule has 2 bridgehead atoms. The summed E-state index contributed by atoms with van der Waals surface area (Å²) in [5, 5.41) is 12.3. The van der Waals surface area contributed by atoms with Crippen molar-refractivity contribution < 1.29 is 14.7 Å². The van der Waals surface area contributed by atoms with Crippen molar-refractivity contribution in [3.8, 4) is 0 Å². The number of fused-ring (bicyclic) bond motifs is 2. The number of carboxylic acids is 1.